The van der Waals surface area contributed by atoms with Crippen LogP contribution >= 0.6 is 0 Å². The summed E-state index contributed by atoms with van der Waals surface area (Å²) in [5, 5.41) is 3.19. The molecule has 2 rings (SSSR count). The summed E-state index contributed by atoms with van der Waals surface area (Å²) in [4.78, 5) is 14.9. The number of fused-ring (bicyclic) bond motifs is 1. The molecule has 1 heterocycles. The molecular weight excluding hydrogens is 284 g/mol. The van der Waals surface area contributed by atoms with Crippen LogP contribution in [0.5, 0.6) is 0 Å². The number of carbonyl (C=O) groups excluding carboxylic acids is 1. The van der Waals surface area contributed by atoms with Gasteiger partial charge in [0, 0.05) is 18.5 Å². The Hall–Kier alpha value is -1.77. The van der Waals surface area contributed by atoms with E-state index in [-0.39, 0.29) is 5.91 Å². The predicted molar refractivity (Wildman–Crippen MR) is 99.3 cm³/mol. The number of hydrogen-bond donors (Lipinski definition) is 1. The second-order valence-corrected chi connectivity index (χ2v) is 7.89. The zero-order valence-corrected chi connectivity index (χ0v) is 15.6. The first-order valence-electron chi connectivity index (χ1n) is 8.44. The molecule has 0 fully saturated rings. The summed E-state index contributed by atoms with van der Waals surface area (Å²) in [7, 11) is 0. The molecule has 1 aromatic carbocycles. The Morgan fingerprint density at radius 1 is 1.26 bits per heavy atom. The van der Waals surface area contributed by atoms with Crippen molar-refractivity contribution in [2.45, 2.75) is 54.9 Å². The van der Waals surface area contributed by atoms with Gasteiger partial charge in [-0.2, -0.15) is 0 Å². The lowest BCUT2D eigenvalue weighted by Crippen LogP contribution is -2.29. The van der Waals surface area contributed by atoms with Gasteiger partial charge in [0.25, 0.3) is 0 Å². The van der Waals surface area contributed by atoms with E-state index >= 15 is 0 Å². The Kier molecular flexibility index (Phi) is 4.88. The summed E-state index contributed by atoms with van der Waals surface area (Å²) in [5.41, 5.74) is 6.98. The van der Waals surface area contributed by atoms with Crippen molar-refractivity contribution < 1.29 is 4.79 Å². The van der Waals surface area contributed by atoms with Crippen molar-refractivity contribution in [3.8, 4) is 0 Å². The number of allylic oxidation sites excluding steroid dienone is 1. The van der Waals surface area contributed by atoms with Crippen LogP contribution in [-0.2, 0) is 11.2 Å². The van der Waals surface area contributed by atoms with Crippen LogP contribution in [0, 0.1) is 19.3 Å². The molecule has 3 heteroatoms. The number of rotatable bonds is 3. The molecule has 0 radical (unpaired) electrons. The highest BCUT2D eigenvalue weighted by molar-refractivity contribution is 5.99. The van der Waals surface area contributed by atoms with Crippen molar-refractivity contribution in [1.82, 2.24) is 0 Å². The third-order valence-electron chi connectivity index (χ3n) is 4.41. The normalized spacial score (nSPS) is 13.8. The molecule has 0 saturated heterocycles. The Bertz CT molecular complexity index is 647. The zero-order chi connectivity index (χ0) is 17.4. The fourth-order valence-electron chi connectivity index (χ4n) is 2.97. The number of nitrogens with zero attached hydrogens (tertiary/aromatic N) is 1. The minimum Gasteiger partial charge on any atom is -0.366 e. The Morgan fingerprint density at radius 3 is 2.48 bits per heavy atom. The lowest BCUT2D eigenvalue weighted by molar-refractivity contribution is -0.123. The van der Waals surface area contributed by atoms with Crippen molar-refractivity contribution in [2.75, 3.05) is 23.3 Å². The van der Waals surface area contributed by atoms with Gasteiger partial charge in [-0.3, -0.25) is 4.79 Å². The molecule has 0 spiro atoms. The average molecular weight is 314 g/mol. The molecule has 3 nitrogen and oxygen atoms in total. The molecule has 0 atom stereocenters. The number of nitrogens with one attached hydrogen (secondary N) is 1. The van der Waals surface area contributed by atoms with Gasteiger partial charge in [-0.15, -0.1) is 0 Å². The highest BCUT2D eigenvalue weighted by atomic mass is 16.2. The van der Waals surface area contributed by atoms with Crippen molar-refractivity contribution >= 4 is 17.3 Å². The van der Waals surface area contributed by atoms with Gasteiger partial charge in [-0.1, -0.05) is 38.5 Å². The predicted octanol–water partition coefficient (Wildman–Crippen LogP) is 4.62. The molecule has 0 bridgehead atoms. The summed E-state index contributed by atoms with van der Waals surface area (Å²) in [5.74, 6) is 0.0701. The van der Waals surface area contributed by atoms with Crippen LogP contribution in [0.1, 0.15) is 51.3 Å². The van der Waals surface area contributed by atoms with Crippen LogP contribution in [-0.4, -0.2) is 19.0 Å². The van der Waals surface area contributed by atoms with E-state index in [9.17, 15) is 4.79 Å². The number of carbonyl (C=O) groups is 1. The van der Waals surface area contributed by atoms with E-state index in [1.165, 1.54) is 22.4 Å². The van der Waals surface area contributed by atoms with E-state index < -0.39 is 5.41 Å². The van der Waals surface area contributed by atoms with Crippen molar-refractivity contribution in [3.05, 3.63) is 34.4 Å². The van der Waals surface area contributed by atoms with E-state index in [2.05, 4.69) is 50.1 Å². The maximum Gasteiger partial charge on any atom is 0.229 e. The first-order chi connectivity index (χ1) is 10.6. The Balaban J connectivity index is 2.45. The average Bonchev–Trinajstić information content (AvgIpc) is 2.84. The van der Waals surface area contributed by atoms with Gasteiger partial charge in [0.15, 0.2) is 0 Å². The highest BCUT2D eigenvalue weighted by Gasteiger charge is 2.28. The molecule has 1 N–H and O–H groups in total. The van der Waals surface area contributed by atoms with Gasteiger partial charge < -0.3 is 10.2 Å². The summed E-state index contributed by atoms with van der Waals surface area (Å²) < 4.78 is 0. The monoisotopic (exact) mass is 314 g/mol. The third kappa shape index (κ3) is 3.77. The molecule has 0 aliphatic carbocycles. The molecule has 23 heavy (non-hydrogen) atoms. The zero-order valence-electron chi connectivity index (χ0n) is 15.6. The van der Waals surface area contributed by atoms with Gasteiger partial charge >= 0.3 is 0 Å². The minimum atomic E-state index is -0.395. The number of amides is 1. The molecular formula is C20H30N2O. The van der Waals surface area contributed by atoms with Crippen molar-refractivity contribution in [2.24, 2.45) is 5.41 Å². The van der Waals surface area contributed by atoms with E-state index in [4.69, 9.17) is 0 Å². The van der Waals surface area contributed by atoms with E-state index in [1.54, 1.807) is 0 Å². The first kappa shape index (κ1) is 17.6. The second kappa shape index (κ2) is 6.38. The van der Waals surface area contributed by atoms with E-state index in [1.807, 2.05) is 20.8 Å². The molecule has 0 saturated carbocycles. The van der Waals surface area contributed by atoms with Crippen LogP contribution in [0.25, 0.3) is 0 Å². The standard InChI is InChI=1S/C20H30N2O/c1-13(2)8-10-22-11-9-16-14(3)12-15(4)17(18(16)22)21-19(23)20(5,6)7/h8,12H,9-11H2,1-7H3,(H,21,23). The summed E-state index contributed by atoms with van der Waals surface area (Å²) in [6.07, 6.45) is 3.30. The fourth-order valence-corrected chi connectivity index (χ4v) is 2.97. The van der Waals surface area contributed by atoms with Gasteiger partial charge in [-0.05, 0) is 50.8 Å². The van der Waals surface area contributed by atoms with Gasteiger partial charge in [0.1, 0.15) is 0 Å². The largest absolute Gasteiger partial charge is 0.366 e. The topological polar surface area (TPSA) is 32.3 Å². The molecule has 126 valence electrons. The minimum absolute atomic E-state index is 0.0701. The smallest absolute Gasteiger partial charge is 0.229 e. The Labute approximate surface area is 140 Å². The van der Waals surface area contributed by atoms with Crippen LogP contribution in [0.4, 0.5) is 11.4 Å². The number of benzene rings is 1. The molecule has 1 aliphatic rings. The maximum absolute atomic E-state index is 12.5. The van der Waals surface area contributed by atoms with Crippen LogP contribution < -0.4 is 10.2 Å². The summed E-state index contributed by atoms with van der Waals surface area (Å²) in [6.45, 7) is 16.3. The van der Waals surface area contributed by atoms with Crippen molar-refractivity contribution in [1.29, 1.82) is 0 Å². The number of anilines is 2. The van der Waals surface area contributed by atoms with Crippen LogP contribution in [0.3, 0.4) is 0 Å². The van der Waals surface area contributed by atoms with E-state index in [0.717, 1.165) is 30.8 Å². The lowest BCUT2D eigenvalue weighted by atomic mass is 9.94. The maximum atomic E-state index is 12.5. The second-order valence-electron chi connectivity index (χ2n) is 7.89. The van der Waals surface area contributed by atoms with Crippen LogP contribution in [0.2, 0.25) is 0 Å². The lowest BCUT2D eigenvalue weighted by Gasteiger charge is -2.26. The molecule has 0 unspecified atom stereocenters. The quantitative estimate of drug-likeness (QED) is 0.826. The van der Waals surface area contributed by atoms with Gasteiger partial charge in [0.2, 0.25) is 5.91 Å². The Morgan fingerprint density at radius 2 is 1.91 bits per heavy atom. The first-order valence-corrected chi connectivity index (χ1v) is 8.44. The highest BCUT2D eigenvalue weighted by Crippen LogP contribution is 2.40. The van der Waals surface area contributed by atoms with Gasteiger partial charge in [0.05, 0.1) is 11.4 Å². The van der Waals surface area contributed by atoms with Crippen LogP contribution in [0.15, 0.2) is 17.7 Å². The third-order valence-corrected chi connectivity index (χ3v) is 4.41. The molecule has 0 aromatic heterocycles. The molecule has 1 aliphatic heterocycles. The van der Waals surface area contributed by atoms with Crippen molar-refractivity contribution in [3.63, 3.8) is 0 Å². The molecule has 1 aromatic rings. The van der Waals surface area contributed by atoms with E-state index in [0.29, 0.717) is 0 Å². The fraction of sp³-hybridized carbons (Fsp3) is 0.550. The summed E-state index contributed by atoms with van der Waals surface area (Å²) >= 11 is 0. The number of aryl methyl sites for hydroxylation is 2. The number of hydrogen-bond acceptors (Lipinski definition) is 2. The summed E-state index contributed by atoms with van der Waals surface area (Å²) in [6, 6.07) is 2.20. The molecule has 1 amide bonds. The van der Waals surface area contributed by atoms with Gasteiger partial charge in [-0.25, -0.2) is 0 Å². The SMILES string of the molecule is CC(C)=CCN1CCc2c(C)cc(C)c(NC(=O)C(C)(C)C)c21.